The number of anilines is 1. The predicted molar refractivity (Wildman–Crippen MR) is 75.6 cm³/mol. The first-order valence-corrected chi connectivity index (χ1v) is 6.71. The monoisotopic (exact) mass is 291 g/mol. The number of benzene rings is 1. The average molecular weight is 292 g/mol. The van der Waals surface area contributed by atoms with Gasteiger partial charge in [0.1, 0.15) is 5.82 Å². The van der Waals surface area contributed by atoms with Crippen LogP contribution in [0.25, 0.3) is 0 Å². The van der Waals surface area contributed by atoms with Crippen molar-refractivity contribution in [2.45, 2.75) is 20.0 Å². The van der Waals surface area contributed by atoms with Gasteiger partial charge in [0.25, 0.3) is 0 Å². The molecule has 1 N–H and O–H groups in total. The molecule has 0 fully saturated rings. The van der Waals surface area contributed by atoms with Gasteiger partial charge in [-0.1, -0.05) is 11.6 Å². The Balaban J connectivity index is 1.68. The lowest BCUT2D eigenvalue weighted by molar-refractivity contribution is 0.195. The van der Waals surface area contributed by atoms with E-state index < -0.39 is 0 Å². The Kier molecular flexibility index (Phi) is 3.31. The van der Waals surface area contributed by atoms with Crippen molar-refractivity contribution in [1.82, 2.24) is 19.7 Å². The van der Waals surface area contributed by atoms with Gasteiger partial charge in [-0.05, 0) is 31.2 Å². The smallest absolute Gasteiger partial charge is 0.315 e. The third-order valence-electron chi connectivity index (χ3n) is 3.32. The zero-order chi connectivity index (χ0) is 14.1. The van der Waals surface area contributed by atoms with Crippen LogP contribution in [0, 0.1) is 6.92 Å². The van der Waals surface area contributed by atoms with Crippen molar-refractivity contribution in [3.8, 4) is 0 Å². The summed E-state index contributed by atoms with van der Waals surface area (Å²) in [6, 6.07) is 6.90. The molecule has 0 saturated heterocycles. The fraction of sp³-hybridized carbons (Fsp3) is 0.308. The second kappa shape index (κ2) is 5.13. The van der Waals surface area contributed by atoms with E-state index in [9.17, 15) is 4.79 Å². The molecule has 0 aliphatic carbocycles. The van der Waals surface area contributed by atoms with E-state index in [1.165, 1.54) is 0 Å². The summed E-state index contributed by atoms with van der Waals surface area (Å²) in [5.41, 5.74) is 0.725. The van der Waals surface area contributed by atoms with Crippen LogP contribution in [0.3, 0.4) is 0 Å². The molecule has 0 atom stereocenters. The Morgan fingerprint density at radius 1 is 1.25 bits per heavy atom. The Morgan fingerprint density at radius 2 is 2.00 bits per heavy atom. The van der Waals surface area contributed by atoms with Crippen molar-refractivity contribution in [3.05, 3.63) is 40.9 Å². The second-order valence-electron chi connectivity index (χ2n) is 4.67. The zero-order valence-electron chi connectivity index (χ0n) is 11.0. The predicted octanol–water partition coefficient (Wildman–Crippen LogP) is 2.29. The van der Waals surface area contributed by atoms with Crippen molar-refractivity contribution in [3.63, 3.8) is 0 Å². The molecular weight excluding hydrogens is 278 g/mol. The van der Waals surface area contributed by atoms with E-state index in [1.54, 1.807) is 29.2 Å². The van der Waals surface area contributed by atoms with Crippen molar-refractivity contribution in [1.29, 1.82) is 0 Å². The summed E-state index contributed by atoms with van der Waals surface area (Å²) in [4.78, 5) is 13.9. The summed E-state index contributed by atoms with van der Waals surface area (Å²) in [6.07, 6.45) is 0. The maximum atomic E-state index is 12.2. The topological polar surface area (TPSA) is 63.1 Å². The van der Waals surface area contributed by atoms with Gasteiger partial charge in [-0.3, -0.25) is 0 Å². The van der Waals surface area contributed by atoms with Crippen LogP contribution in [0.1, 0.15) is 11.6 Å². The van der Waals surface area contributed by atoms with E-state index in [0.29, 0.717) is 18.1 Å². The number of aromatic nitrogens is 3. The summed E-state index contributed by atoms with van der Waals surface area (Å²) < 4.78 is 2.03. The molecule has 2 amide bonds. The van der Waals surface area contributed by atoms with Gasteiger partial charge in [0.05, 0.1) is 6.54 Å². The van der Waals surface area contributed by atoms with Crippen LogP contribution in [-0.2, 0) is 13.1 Å². The highest BCUT2D eigenvalue weighted by Crippen LogP contribution is 2.16. The minimum atomic E-state index is -0.140. The first-order chi connectivity index (χ1) is 9.63. The average Bonchev–Trinajstić information content (AvgIpc) is 2.82. The molecule has 104 valence electrons. The molecule has 6 nitrogen and oxygen atoms in total. The van der Waals surface area contributed by atoms with Crippen LogP contribution < -0.4 is 5.32 Å². The maximum absolute atomic E-state index is 12.2. The third kappa shape index (κ3) is 2.46. The quantitative estimate of drug-likeness (QED) is 0.877. The van der Waals surface area contributed by atoms with E-state index in [4.69, 9.17) is 11.6 Å². The summed E-state index contributed by atoms with van der Waals surface area (Å²) in [7, 11) is 0. The molecule has 0 radical (unpaired) electrons. The van der Waals surface area contributed by atoms with E-state index in [0.717, 1.165) is 23.9 Å². The van der Waals surface area contributed by atoms with Gasteiger partial charge in [-0.15, -0.1) is 10.2 Å². The highest BCUT2D eigenvalue weighted by Gasteiger charge is 2.23. The number of aryl methyl sites for hydroxylation is 1. The fourth-order valence-corrected chi connectivity index (χ4v) is 2.34. The summed E-state index contributed by atoms with van der Waals surface area (Å²) in [5.74, 6) is 1.71. The Bertz CT molecular complexity index is 637. The maximum Gasteiger partial charge on any atom is 0.322 e. The van der Waals surface area contributed by atoms with Gasteiger partial charge < -0.3 is 14.8 Å². The SMILES string of the molecule is Cc1nnc2n1CCN(C(=O)Nc1ccc(Cl)cc1)C2. The minimum absolute atomic E-state index is 0.140. The molecule has 0 spiro atoms. The number of halogens is 1. The van der Waals surface area contributed by atoms with Gasteiger partial charge in [0.15, 0.2) is 5.82 Å². The Hall–Kier alpha value is -2.08. The van der Waals surface area contributed by atoms with Crippen LogP contribution in [0.4, 0.5) is 10.5 Å². The number of rotatable bonds is 1. The molecule has 0 saturated carbocycles. The summed E-state index contributed by atoms with van der Waals surface area (Å²) in [6.45, 7) is 3.76. The van der Waals surface area contributed by atoms with Crippen LogP contribution in [-0.4, -0.2) is 32.2 Å². The first kappa shape index (κ1) is 12.9. The molecule has 0 unspecified atom stereocenters. The fourth-order valence-electron chi connectivity index (χ4n) is 2.21. The van der Waals surface area contributed by atoms with Crippen molar-refractivity contribution in [2.24, 2.45) is 0 Å². The first-order valence-electron chi connectivity index (χ1n) is 6.33. The van der Waals surface area contributed by atoms with E-state index in [1.807, 2.05) is 11.5 Å². The van der Waals surface area contributed by atoms with Crippen molar-refractivity contribution in [2.75, 3.05) is 11.9 Å². The lowest BCUT2D eigenvalue weighted by Gasteiger charge is -2.27. The number of fused-ring (bicyclic) bond motifs is 1. The van der Waals surface area contributed by atoms with Crippen molar-refractivity contribution < 1.29 is 4.79 Å². The summed E-state index contributed by atoms with van der Waals surface area (Å²) >= 11 is 5.81. The van der Waals surface area contributed by atoms with Crippen LogP contribution in [0.15, 0.2) is 24.3 Å². The van der Waals surface area contributed by atoms with Gasteiger partial charge in [0.2, 0.25) is 0 Å². The lowest BCUT2D eigenvalue weighted by Crippen LogP contribution is -2.41. The normalized spacial score (nSPS) is 14.0. The zero-order valence-corrected chi connectivity index (χ0v) is 11.8. The number of nitrogens with one attached hydrogen (secondary N) is 1. The van der Waals surface area contributed by atoms with E-state index >= 15 is 0 Å². The van der Waals surface area contributed by atoms with Gasteiger partial charge in [-0.2, -0.15) is 0 Å². The molecule has 2 aromatic rings. The number of hydrogen-bond donors (Lipinski definition) is 1. The molecule has 2 heterocycles. The lowest BCUT2D eigenvalue weighted by atomic mass is 10.3. The van der Waals surface area contributed by atoms with E-state index in [2.05, 4.69) is 15.5 Å². The van der Waals surface area contributed by atoms with Gasteiger partial charge in [0, 0.05) is 23.8 Å². The number of carbonyl (C=O) groups is 1. The molecule has 1 aromatic heterocycles. The molecule has 3 rings (SSSR count). The largest absolute Gasteiger partial charge is 0.322 e. The number of nitrogens with zero attached hydrogens (tertiary/aromatic N) is 4. The van der Waals surface area contributed by atoms with E-state index in [-0.39, 0.29) is 6.03 Å². The molecule has 7 heteroatoms. The minimum Gasteiger partial charge on any atom is -0.315 e. The van der Waals surface area contributed by atoms with Crippen LogP contribution in [0.2, 0.25) is 5.02 Å². The number of hydrogen-bond acceptors (Lipinski definition) is 3. The highest BCUT2D eigenvalue weighted by molar-refractivity contribution is 6.30. The van der Waals surface area contributed by atoms with Crippen LogP contribution in [0.5, 0.6) is 0 Å². The number of carbonyl (C=O) groups excluding carboxylic acids is 1. The van der Waals surface area contributed by atoms with Gasteiger partial charge >= 0.3 is 6.03 Å². The number of urea groups is 1. The van der Waals surface area contributed by atoms with Gasteiger partial charge in [-0.25, -0.2) is 4.79 Å². The van der Waals surface area contributed by atoms with Crippen LogP contribution >= 0.6 is 11.6 Å². The molecular formula is C13H14ClN5O. The second-order valence-corrected chi connectivity index (χ2v) is 5.11. The molecule has 0 bridgehead atoms. The summed E-state index contributed by atoms with van der Waals surface area (Å²) in [5, 5.41) is 11.6. The Morgan fingerprint density at radius 3 is 2.75 bits per heavy atom. The molecule has 1 aromatic carbocycles. The Labute approximate surface area is 121 Å². The third-order valence-corrected chi connectivity index (χ3v) is 3.57. The molecule has 1 aliphatic rings. The molecule has 20 heavy (non-hydrogen) atoms. The van der Waals surface area contributed by atoms with Crippen molar-refractivity contribution >= 4 is 23.3 Å². The highest BCUT2D eigenvalue weighted by atomic mass is 35.5. The molecule has 1 aliphatic heterocycles. The standard InChI is InChI=1S/C13H14ClN5O/c1-9-16-17-12-8-18(6-7-19(9)12)13(20)15-11-4-2-10(14)3-5-11/h2-5H,6-8H2,1H3,(H,15,20). The number of amides is 2.